The molecule has 19 heteroatoms. The number of phenols is 1. The molecule has 0 aliphatic rings. The van der Waals surface area contributed by atoms with Gasteiger partial charge in [-0.15, -0.1) is 0 Å². The molecule has 0 aliphatic carbocycles. The number of carbonyl (C=O) groups excluding carboxylic acids is 2. The molecule has 13 nitrogen and oxygen atoms in total. The largest absolute Gasteiger partial charge is 1.00 e. The number of carboxylic acid groups (broad SMARTS) is 1. The molecule has 0 saturated carbocycles. The molecule has 0 aromatic heterocycles. The summed E-state index contributed by atoms with van der Waals surface area (Å²) in [6, 6.07) is 54.9. The van der Waals surface area contributed by atoms with E-state index in [4.69, 9.17) is 27.6 Å². The van der Waals surface area contributed by atoms with Gasteiger partial charge < -0.3 is 39.2 Å². The van der Waals surface area contributed by atoms with Crippen LogP contribution in [-0.4, -0.2) is 66.3 Å². The summed E-state index contributed by atoms with van der Waals surface area (Å²) < 4.78 is 82.4. The van der Waals surface area contributed by atoms with Gasteiger partial charge in [0, 0.05) is 0 Å². The monoisotopic (exact) mass is 1110 g/mol. The SMILES string of the molecule is C.COC(=O)c1ccc(C)c(O)c1.COC(=O)c1ccc(C)c(Oc2ccccc2)c1.Cc1ccc(C(=O)O)cc1Oc1ccccc1.O=S(=O)([O-])C(F)(F)F.[Li+].[OH-].c1ccc([I+]c2ccccc2)cc1. The summed E-state index contributed by atoms with van der Waals surface area (Å²) in [4.78, 5) is 33.3. The number of aromatic carboxylic acids is 1. The molecule has 0 saturated heterocycles. The fraction of sp³-hybridized carbons (Fsp3) is 0.135. The van der Waals surface area contributed by atoms with Crippen molar-refractivity contribution in [1.29, 1.82) is 0 Å². The van der Waals surface area contributed by atoms with Crippen LogP contribution < -0.4 is 49.5 Å². The van der Waals surface area contributed by atoms with E-state index in [0.29, 0.717) is 28.4 Å². The number of esters is 2. The van der Waals surface area contributed by atoms with E-state index >= 15 is 0 Å². The number of phenolic OH excluding ortho intramolecular Hbond substituents is 1. The van der Waals surface area contributed by atoms with Crippen LogP contribution >= 0.6 is 0 Å². The van der Waals surface area contributed by atoms with E-state index in [1.165, 1.54) is 33.5 Å². The first kappa shape index (κ1) is 64.3. The average molecular weight is 1110 g/mol. The van der Waals surface area contributed by atoms with Crippen LogP contribution in [0.2, 0.25) is 0 Å². The summed E-state index contributed by atoms with van der Waals surface area (Å²) in [5, 5.41) is 18.1. The molecule has 7 rings (SSSR count). The Labute approximate surface area is 433 Å². The smallest absolute Gasteiger partial charge is 0.870 e. The Morgan fingerprint density at radius 3 is 1.18 bits per heavy atom. The van der Waals surface area contributed by atoms with E-state index in [9.17, 15) is 32.7 Å². The third-order valence-electron chi connectivity index (χ3n) is 8.58. The quantitative estimate of drug-likeness (QED) is 0.0569. The maximum atomic E-state index is 11.5. The van der Waals surface area contributed by atoms with Gasteiger partial charge in [-0.2, -0.15) is 13.2 Å². The zero-order valence-electron chi connectivity index (χ0n) is 38.6. The molecular formula is C52H51F3ILiO13S. The van der Waals surface area contributed by atoms with Crippen LogP contribution in [0, 0.1) is 27.9 Å². The molecule has 0 atom stereocenters. The van der Waals surface area contributed by atoms with Gasteiger partial charge in [0.15, 0.2) is 17.3 Å². The number of benzene rings is 7. The second-order valence-electron chi connectivity index (χ2n) is 13.7. The minimum Gasteiger partial charge on any atom is -0.870 e. The Morgan fingerprint density at radius 2 is 0.859 bits per heavy atom. The van der Waals surface area contributed by atoms with Crippen LogP contribution in [0.4, 0.5) is 13.2 Å². The molecule has 7 aromatic rings. The molecule has 0 unspecified atom stereocenters. The molecule has 0 amide bonds. The van der Waals surface area contributed by atoms with Crippen LogP contribution in [-0.2, 0) is 19.6 Å². The Bertz CT molecular complexity index is 2770. The van der Waals surface area contributed by atoms with Crippen molar-refractivity contribution < 1.29 is 115 Å². The van der Waals surface area contributed by atoms with Crippen LogP contribution in [0.5, 0.6) is 28.7 Å². The minimum absolute atomic E-state index is 0. The van der Waals surface area contributed by atoms with Crippen molar-refractivity contribution in [2.45, 2.75) is 33.7 Å². The zero-order chi connectivity index (χ0) is 50.3. The standard InChI is InChI=1S/C15H14O3.C14H12O3.C12H10I.C9H10O3.CHF3O3S.CH4.Li.H2O/c1-11-8-9-12(15(16)17-2)10-14(11)18-13-6-4-3-5-7-13;1-10-7-8-11(14(15)16)9-13(10)17-12-5-3-2-4-6-12;1-3-7-11(8-4-1)13-12-9-5-2-6-10-12;1-6-3-4-7(5-8(6)10)9(11)12-2;2-1(3,4)8(5,6)7;;;/h3-10H,1-2H3;2-9H,1H3,(H,15,16);1-10H;3-5,10H,1-2H3;(H,5,6,7);1H4;;1H2/q;;+1;;;;+1;/p-2. The molecule has 0 spiro atoms. The van der Waals surface area contributed by atoms with Crippen LogP contribution in [0.1, 0.15) is 55.2 Å². The van der Waals surface area contributed by atoms with Gasteiger partial charge >= 0.3 is 63.5 Å². The van der Waals surface area contributed by atoms with E-state index < -0.39 is 27.6 Å². The molecule has 0 aliphatic heterocycles. The first-order valence-corrected chi connectivity index (χ1v) is 23.4. The van der Waals surface area contributed by atoms with Gasteiger partial charge in [0.05, 0.1) is 30.9 Å². The van der Waals surface area contributed by atoms with Crippen LogP contribution in [0.15, 0.2) is 176 Å². The van der Waals surface area contributed by atoms with Crippen LogP contribution in [0.25, 0.3) is 0 Å². The van der Waals surface area contributed by atoms with E-state index in [2.05, 4.69) is 70.1 Å². The van der Waals surface area contributed by atoms with Crippen molar-refractivity contribution in [2.24, 2.45) is 0 Å². The number of carboxylic acids is 1. The second kappa shape index (κ2) is 32.3. The van der Waals surface area contributed by atoms with Crippen molar-refractivity contribution in [2.75, 3.05) is 14.2 Å². The first-order chi connectivity index (χ1) is 32.2. The van der Waals surface area contributed by atoms with E-state index in [1.54, 1.807) is 43.3 Å². The Morgan fingerprint density at radius 1 is 0.549 bits per heavy atom. The predicted molar refractivity (Wildman–Crippen MR) is 253 cm³/mol. The van der Waals surface area contributed by atoms with Gasteiger partial charge in [0.25, 0.3) is 0 Å². The maximum absolute atomic E-state index is 11.5. The average Bonchev–Trinajstić information content (AvgIpc) is 3.32. The van der Waals surface area contributed by atoms with Gasteiger partial charge in [0.1, 0.15) is 28.7 Å². The molecule has 0 radical (unpaired) electrons. The fourth-order valence-electron chi connectivity index (χ4n) is 4.96. The second-order valence-corrected chi connectivity index (χ2v) is 18.1. The number of alkyl halides is 3. The van der Waals surface area contributed by atoms with Crippen molar-refractivity contribution in [3.63, 3.8) is 0 Å². The van der Waals surface area contributed by atoms with Gasteiger partial charge in [0.2, 0.25) is 0 Å². The molecular weight excluding hydrogens is 1060 g/mol. The molecule has 372 valence electrons. The summed E-state index contributed by atoms with van der Waals surface area (Å²) in [6.07, 6.45) is 0. The molecule has 0 heterocycles. The van der Waals surface area contributed by atoms with Crippen molar-refractivity contribution >= 4 is 28.0 Å². The van der Waals surface area contributed by atoms with Gasteiger partial charge in [-0.1, -0.05) is 98.4 Å². The van der Waals surface area contributed by atoms with E-state index in [-0.39, 0.29) is 70.3 Å². The number of carbonyl (C=O) groups is 3. The molecule has 0 bridgehead atoms. The number of rotatable bonds is 9. The third kappa shape index (κ3) is 23.2. The van der Waals surface area contributed by atoms with Gasteiger partial charge in [-0.3, -0.25) is 0 Å². The van der Waals surface area contributed by atoms with Crippen molar-refractivity contribution in [3.8, 4) is 28.7 Å². The van der Waals surface area contributed by atoms with Crippen LogP contribution in [0.3, 0.4) is 0 Å². The molecule has 3 N–H and O–H groups in total. The summed E-state index contributed by atoms with van der Waals surface area (Å²) in [5.74, 6) is 1.000. The van der Waals surface area contributed by atoms with Gasteiger partial charge in [-0.25, -0.2) is 22.8 Å². The van der Waals surface area contributed by atoms with Crippen molar-refractivity contribution in [1.82, 2.24) is 0 Å². The number of halogens is 4. The Balaban J connectivity index is 0.000000873. The summed E-state index contributed by atoms with van der Waals surface area (Å²) in [6.45, 7) is 5.57. The topological polar surface area (TPSA) is 216 Å². The molecule has 7 aromatic carbocycles. The van der Waals surface area contributed by atoms with Crippen molar-refractivity contribution in [3.05, 3.63) is 216 Å². The minimum atomic E-state index is -6.09. The third-order valence-corrected chi connectivity index (χ3v) is 11.8. The zero-order valence-corrected chi connectivity index (χ0v) is 41.6. The number of para-hydroxylation sites is 2. The summed E-state index contributed by atoms with van der Waals surface area (Å²) in [5.41, 5.74) is -1.98. The molecule has 71 heavy (non-hydrogen) atoms. The summed E-state index contributed by atoms with van der Waals surface area (Å²) in [7, 11) is -3.42. The number of aromatic hydroxyl groups is 1. The first-order valence-electron chi connectivity index (χ1n) is 19.9. The van der Waals surface area contributed by atoms with E-state index in [1.807, 2.05) is 80.6 Å². The number of hydrogen-bond acceptors (Lipinski definition) is 12. The number of hydrogen-bond donors (Lipinski definition) is 2. The fourth-order valence-corrected chi connectivity index (χ4v) is 7.23. The predicted octanol–water partition coefficient (Wildman–Crippen LogP) is 5.88. The molecule has 0 fully saturated rings. The maximum Gasteiger partial charge on any atom is 1.00 e. The van der Waals surface area contributed by atoms with Gasteiger partial charge in [-0.05, 0) is 122 Å². The number of methoxy groups -OCH3 is 2. The number of aryl methyl sites for hydroxylation is 3. The number of ether oxygens (including phenoxy) is 4. The normalized spacial score (nSPS) is 9.87. The Kier molecular flexibility index (Phi) is 29.2. The Hall–Kier alpha value is -6.66. The van der Waals surface area contributed by atoms with E-state index in [0.717, 1.165) is 22.4 Å². The summed E-state index contributed by atoms with van der Waals surface area (Å²) >= 11 is 0.0287.